The zero-order valence-electron chi connectivity index (χ0n) is 11.8. The minimum atomic E-state index is -0.604. The summed E-state index contributed by atoms with van der Waals surface area (Å²) in [6.07, 6.45) is 4.45. The Morgan fingerprint density at radius 2 is 1.95 bits per heavy atom. The highest BCUT2D eigenvalue weighted by molar-refractivity contribution is 5.31. The molecule has 0 bridgehead atoms. The molecule has 112 valence electrons. The average molecular weight is 293 g/mol. The van der Waals surface area contributed by atoms with Crippen LogP contribution in [-0.2, 0) is 13.0 Å². The number of rotatable bonds is 6. The van der Waals surface area contributed by atoms with Gasteiger partial charge in [0.05, 0.1) is 0 Å². The molecule has 0 amide bonds. The number of halogens is 2. The van der Waals surface area contributed by atoms with Crippen molar-refractivity contribution < 1.29 is 8.78 Å². The Balaban J connectivity index is 2.00. The van der Waals surface area contributed by atoms with Crippen molar-refractivity contribution in [1.29, 1.82) is 0 Å². The van der Waals surface area contributed by atoms with E-state index in [1.807, 2.05) is 6.92 Å². The van der Waals surface area contributed by atoms with Crippen LogP contribution in [0.3, 0.4) is 0 Å². The number of hydrogen-bond donors (Lipinski definition) is 1. The molecule has 1 aromatic carbocycles. The fourth-order valence-corrected chi connectivity index (χ4v) is 2.07. The summed E-state index contributed by atoms with van der Waals surface area (Å²) in [6, 6.07) is 3.39. The second kappa shape index (κ2) is 6.97. The van der Waals surface area contributed by atoms with E-state index in [2.05, 4.69) is 10.3 Å². The maximum atomic E-state index is 13.1. The van der Waals surface area contributed by atoms with Crippen molar-refractivity contribution in [2.75, 3.05) is 11.9 Å². The summed E-state index contributed by atoms with van der Waals surface area (Å²) in [7, 11) is 0. The molecule has 0 aliphatic carbocycles. The molecule has 0 atom stereocenters. The number of hydrogen-bond acceptors (Lipinski definition) is 3. The molecule has 0 saturated carbocycles. The monoisotopic (exact) mass is 293 g/mol. The van der Waals surface area contributed by atoms with Crippen molar-refractivity contribution in [3.05, 3.63) is 58.1 Å². The molecular formula is C15H17F2N3O. The first-order chi connectivity index (χ1) is 10.1. The van der Waals surface area contributed by atoms with Gasteiger partial charge in [-0.3, -0.25) is 4.79 Å². The molecule has 0 saturated heterocycles. The van der Waals surface area contributed by atoms with Crippen LogP contribution in [-0.4, -0.2) is 16.1 Å². The number of anilines is 1. The molecule has 1 N–H and O–H groups in total. The van der Waals surface area contributed by atoms with Gasteiger partial charge >= 0.3 is 0 Å². The molecule has 4 nitrogen and oxygen atoms in total. The minimum absolute atomic E-state index is 0.190. The van der Waals surface area contributed by atoms with Crippen molar-refractivity contribution in [2.45, 2.75) is 26.3 Å². The van der Waals surface area contributed by atoms with Gasteiger partial charge in [0, 0.05) is 31.5 Å². The van der Waals surface area contributed by atoms with E-state index in [1.165, 1.54) is 12.1 Å². The first-order valence-corrected chi connectivity index (χ1v) is 6.84. The normalized spacial score (nSPS) is 10.6. The average Bonchev–Trinajstić information content (AvgIpc) is 2.42. The molecular weight excluding hydrogens is 276 g/mol. The number of aromatic nitrogens is 2. The predicted octanol–water partition coefficient (Wildman–Crippen LogP) is 2.59. The Kier molecular flexibility index (Phi) is 5.03. The van der Waals surface area contributed by atoms with Crippen LogP contribution in [0.4, 0.5) is 14.6 Å². The topological polar surface area (TPSA) is 46.9 Å². The fourth-order valence-electron chi connectivity index (χ4n) is 2.07. The zero-order chi connectivity index (χ0) is 15.2. The maximum absolute atomic E-state index is 13.1. The maximum Gasteiger partial charge on any atom is 0.293 e. The van der Waals surface area contributed by atoms with Crippen molar-refractivity contribution in [3.8, 4) is 0 Å². The van der Waals surface area contributed by atoms with Crippen LogP contribution < -0.4 is 10.9 Å². The van der Waals surface area contributed by atoms with Crippen LogP contribution in [0.5, 0.6) is 0 Å². The van der Waals surface area contributed by atoms with Gasteiger partial charge in [0.2, 0.25) is 0 Å². The lowest BCUT2D eigenvalue weighted by Gasteiger charge is -2.08. The molecule has 2 rings (SSSR count). The van der Waals surface area contributed by atoms with E-state index in [1.54, 1.807) is 17.0 Å². The van der Waals surface area contributed by atoms with Crippen LogP contribution in [0.25, 0.3) is 0 Å². The summed E-state index contributed by atoms with van der Waals surface area (Å²) in [6.45, 7) is 2.99. The Hall–Kier alpha value is -2.24. The van der Waals surface area contributed by atoms with E-state index in [-0.39, 0.29) is 11.4 Å². The molecule has 0 fully saturated rings. The predicted molar refractivity (Wildman–Crippen MR) is 77.3 cm³/mol. The number of nitrogens with one attached hydrogen (secondary N) is 1. The van der Waals surface area contributed by atoms with E-state index >= 15 is 0 Å². The lowest BCUT2D eigenvalue weighted by atomic mass is 10.1. The van der Waals surface area contributed by atoms with Gasteiger partial charge in [0.15, 0.2) is 5.82 Å². The molecule has 0 aliphatic heterocycles. The lowest BCUT2D eigenvalue weighted by molar-refractivity contribution is 0.580. The lowest BCUT2D eigenvalue weighted by Crippen LogP contribution is -2.25. The SMILES string of the molecule is CCCn1ccnc(NCCc2cc(F)cc(F)c2)c1=O. The van der Waals surface area contributed by atoms with Gasteiger partial charge in [-0.2, -0.15) is 0 Å². The summed E-state index contributed by atoms with van der Waals surface area (Å²) >= 11 is 0. The summed E-state index contributed by atoms with van der Waals surface area (Å²) in [5.41, 5.74) is 0.342. The van der Waals surface area contributed by atoms with Gasteiger partial charge in [-0.15, -0.1) is 0 Å². The molecule has 6 heteroatoms. The molecule has 0 unspecified atom stereocenters. The van der Waals surface area contributed by atoms with Crippen molar-refractivity contribution in [1.82, 2.24) is 9.55 Å². The van der Waals surface area contributed by atoms with Crippen LogP contribution in [0.2, 0.25) is 0 Å². The van der Waals surface area contributed by atoms with Crippen LogP contribution >= 0.6 is 0 Å². The van der Waals surface area contributed by atoms with Crippen molar-refractivity contribution >= 4 is 5.82 Å². The summed E-state index contributed by atoms with van der Waals surface area (Å²) in [5.74, 6) is -0.955. The second-order valence-corrected chi connectivity index (χ2v) is 4.73. The standard InChI is InChI=1S/C15H17F2N3O/c1-2-6-20-7-5-19-14(15(20)21)18-4-3-11-8-12(16)10-13(17)9-11/h5,7-10H,2-4,6H2,1H3,(H,18,19). The first-order valence-electron chi connectivity index (χ1n) is 6.84. The van der Waals surface area contributed by atoms with Crippen molar-refractivity contribution in [3.63, 3.8) is 0 Å². The number of aryl methyl sites for hydroxylation is 1. The molecule has 21 heavy (non-hydrogen) atoms. The number of nitrogens with zero attached hydrogens (tertiary/aromatic N) is 2. The van der Waals surface area contributed by atoms with Gasteiger partial charge in [-0.05, 0) is 30.5 Å². The van der Waals surface area contributed by atoms with Gasteiger partial charge in [-0.1, -0.05) is 6.92 Å². The third-order valence-corrected chi connectivity index (χ3v) is 3.01. The third kappa shape index (κ3) is 4.11. The highest BCUT2D eigenvalue weighted by atomic mass is 19.1. The highest BCUT2D eigenvalue weighted by Gasteiger charge is 2.05. The van der Waals surface area contributed by atoms with E-state index in [0.29, 0.717) is 25.1 Å². The van der Waals surface area contributed by atoms with Crippen molar-refractivity contribution in [2.24, 2.45) is 0 Å². The third-order valence-electron chi connectivity index (χ3n) is 3.01. The Morgan fingerprint density at radius 1 is 1.24 bits per heavy atom. The molecule has 0 aliphatic rings. The zero-order valence-corrected chi connectivity index (χ0v) is 11.8. The molecule has 1 heterocycles. The Morgan fingerprint density at radius 3 is 2.62 bits per heavy atom. The van der Waals surface area contributed by atoms with Gasteiger partial charge in [0.1, 0.15) is 11.6 Å². The fraction of sp³-hybridized carbons (Fsp3) is 0.333. The van der Waals surface area contributed by atoms with E-state index in [4.69, 9.17) is 0 Å². The molecule has 2 aromatic rings. The molecule has 0 spiro atoms. The quantitative estimate of drug-likeness (QED) is 0.890. The summed E-state index contributed by atoms with van der Waals surface area (Å²) < 4.78 is 27.7. The second-order valence-electron chi connectivity index (χ2n) is 4.73. The summed E-state index contributed by atoms with van der Waals surface area (Å²) in [5, 5.41) is 2.91. The van der Waals surface area contributed by atoms with Gasteiger partial charge in [0.25, 0.3) is 5.56 Å². The van der Waals surface area contributed by atoms with Gasteiger partial charge < -0.3 is 9.88 Å². The van der Waals surface area contributed by atoms with Gasteiger partial charge in [-0.25, -0.2) is 13.8 Å². The smallest absolute Gasteiger partial charge is 0.293 e. The van der Waals surface area contributed by atoms with Crippen LogP contribution in [0.1, 0.15) is 18.9 Å². The molecule has 0 radical (unpaired) electrons. The van der Waals surface area contributed by atoms with Crippen LogP contribution in [0, 0.1) is 11.6 Å². The minimum Gasteiger partial charge on any atom is -0.365 e. The van der Waals surface area contributed by atoms with E-state index < -0.39 is 11.6 Å². The number of benzene rings is 1. The molecule has 1 aromatic heterocycles. The van der Waals surface area contributed by atoms with Crippen LogP contribution in [0.15, 0.2) is 35.4 Å². The van der Waals surface area contributed by atoms with E-state index in [9.17, 15) is 13.6 Å². The Bertz CT molecular complexity index is 650. The highest BCUT2D eigenvalue weighted by Crippen LogP contribution is 2.08. The van der Waals surface area contributed by atoms with E-state index in [0.717, 1.165) is 12.5 Å². The summed E-state index contributed by atoms with van der Waals surface area (Å²) in [4.78, 5) is 16.0. The largest absolute Gasteiger partial charge is 0.365 e. The Labute approximate surface area is 121 Å². The first kappa shape index (κ1) is 15.2.